The van der Waals surface area contributed by atoms with Crippen LogP contribution in [0, 0.1) is 6.92 Å². The SMILES string of the molecule is COc1cc(C(F)F)c(C)cc1CCNC(=O)O. The van der Waals surface area contributed by atoms with Gasteiger partial charge in [0.15, 0.2) is 0 Å². The van der Waals surface area contributed by atoms with Gasteiger partial charge < -0.3 is 15.2 Å². The Morgan fingerprint density at radius 2 is 2.17 bits per heavy atom. The molecule has 0 aliphatic carbocycles. The van der Waals surface area contributed by atoms with Gasteiger partial charge in [0, 0.05) is 12.1 Å². The first-order chi connectivity index (χ1) is 8.45. The number of amides is 1. The van der Waals surface area contributed by atoms with Crippen molar-refractivity contribution >= 4 is 6.09 Å². The minimum absolute atomic E-state index is 0.0678. The van der Waals surface area contributed by atoms with Crippen molar-refractivity contribution in [3.8, 4) is 5.75 Å². The fourth-order valence-corrected chi connectivity index (χ4v) is 1.69. The van der Waals surface area contributed by atoms with E-state index in [1.54, 1.807) is 13.0 Å². The molecule has 100 valence electrons. The first-order valence-corrected chi connectivity index (χ1v) is 5.38. The molecule has 1 rings (SSSR count). The molecule has 1 aromatic rings. The molecule has 0 unspecified atom stereocenters. The number of nitrogens with one attached hydrogen (secondary N) is 1. The van der Waals surface area contributed by atoms with E-state index in [0.717, 1.165) is 0 Å². The van der Waals surface area contributed by atoms with Crippen LogP contribution in [0.4, 0.5) is 13.6 Å². The molecule has 0 saturated carbocycles. The van der Waals surface area contributed by atoms with Crippen molar-refractivity contribution in [1.82, 2.24) is 5.32 Å². The maximum absolute atomic E-state index is 12.7. The molecule has 0 fully saturated rings. The number of ether oxygens (including phenoxy) is 1. The van der Waals surface area contributed by atoms with Crippen LogP contribution in [0.3, 0.4) is 0 Å². The maximum atomic E-state index is 12.7. The van der Waals surface area contributed by atoms with Crippen LogP contribution in [-0.2, 0) is 6.42 Å². The zero-order chi connectivity index (χ0) is 13.7. The van der Waals surface area contributed by atoms with Gasteiger partial charge in [0.1, 0.15) is 5.75 Å². The fraction of sp³-hybridized carbons (Fsp3) is 0.417. The lowest BCUT2D eigenvalue weighted by Gasteiger charge is -2.13. The second-order valence-corrected chi connectivity index (χ2v) is 3.80. The number of hydrogen-bond donors (Lipinski definition) is 2. The quantitative estimate of drug-likeness (QED) is 0.854. The second-order valence-electron chi connectivity index (χ2n) is 3.80. The van der Waals surface area contributed by atoms with E-state index >= 15 is 0 Å². The monoisotopic (exact) mass is 259 g/mol. The summed E-state index contributed by atoms with van der Waals surface area (Å²) in [6.07, 6.45) is -3.28. The average molecular weight is 259 g/mol. The standard InChI is InChI=1S/C12H15F2NO3/c1-7-5-8(3-4-15-12(16)17)10(18-2)6-9(7)11(13)14/h5-6,11,15H,3-4H2,1-2H3,(H,16,17). The third-order valence-corrected chi connectivity index (χ3v) is 2.57. The zero-order valence-electron chi connectivity index (χ0n) is 10.2. The molecule has 2 N–H and O–H groups in total. The van der Waals surface area contributed by atoms with Crippen LogP contribution in [-0.4, -0.2) is 24.9 Å². The van der Waals surface area contributed by atoms with E-state index in [1.807, 2.05) is 0 Å². The van der Waals surface area contributed by atoms with Gasteiger partial charge in [-0.25, -0.2) is 13.6 Å². The second kappa shape index (κ2) is 6.18. The van der Waals surface area contributed by atoms with Crippen molar-refractivity contribution in [2.45, 2.75) is 19.8 Å². The largest absolute Gasteiger partial charge is 0.496 e. The van der Waals surface area contributed by atoms with E-state index in [2.05, 4.69) is 5.32 Å². The summed E-state index contributed by atoms with van der Waals surface area (Å²) in [5.74, 6) is 0.350. The Bertz CT molecular complexity index is 436. The Labute approximate surface area is 104 Å². The van der Waals surface area contributed by atoms with Gasteiger partial charge in [0.05, 0.1) is 7.11 Å². The van der Waals surface area contributed by atoms with Crippen molar-refractivity contribution in [2.24, 2.45) is 0 Å². The molecule has 0 atom stereocenters. The van der Waals surface area contributed by atoms with Crippen molar-refractivity contribution in [1.29, 1.82) is 0 Å². The number of benzene rings is 1. The molecule has 0 heterocycles. The van der Waals surface area contributed by atoms with E-state index in [0.29, 0.717) is 23.3 Å². The molecule has 18 heavy (non-hydrogen) atoms. The third-order valence-electron chi connectivity index (χ3n) is 2.57. The molecule has 0 spiro atoms. The highest BCUT2D eigenvalue weighted by molar-refractivity contribution is 5.64. The minimum Gasteiger partial charge on any atom is -0.496 e. The number of halogens is 2. The number of carboxylic acid groups (broad SMARTS) is 1. The predicted octanol–water partition coefficient (Wildman–Crippen LogP) is 2.75. The van der Waals surface area contributed by atoms with Crippen LogP contribution in [0.2, 0.25) is 0 Å². The van der Waals surface area contributed by atoms with Crippen molar-refractivity contribution in [3.05, 3.63) is 28.8 Å². The van der Waals surface area contributed by atoms with Crippen molar-refractivity contribution < 1.29 is 23.4 Å². The van der Waals surface area contributed by atoms with Crippen LogP contribution in [0.15, 0.2) is 12.1 Å². The van der Waals surface area contributed by atoms with Crippen LogP contribution in [0.1, 0.15) is 23.1 Å². The van der Waals surface area contributed by atoms with Crippen molar-refractivity contribution in [3.63, 3.8) is 0 Å². The van der Waals surface area contributed by atoms with Crippen molar-refractivity contribution in [2.75, 3.05) is 13.7 Å². The van der Waals surface area contributed by atoms with Crippen LogP contribution < -0.4 is 10.1 Å². The minimum atomic E-state index is -2.55. The summed E-state index contributed by atoms with van der Waals surface area (Å²) >= 11 is 0. The zero-order valence-corrected chi connectivity index (χ0v) is 10.2. The van der Waals surface area contributed by atoms with Gasteiger partial charge in [0.2, 0.25) is 0 Å². The summed E-state index contributed by atoms with van der Waals surface area (Å²) in [5, 5.41) is 10.7. The van der Waals surface area contributed by atoms with Gasteiger partial charge in [-0.15, -0.1) is 0 Å². The normalized spacial score (nSPS) is 10.5. The van der Waals surface area contributed by atoms with Crippen LogP contribution >= 0.6 is 0 Å². The van der Waals surface area contributed by atoms with E-state index in [1.165, 1.54) is 13.2 Å². The molecule has 6 heteroatoms. The van der Waals surface area contributed by atoms with Gasteiger partial charge in [-0.05, 0) is 30.5 Å². The summed E-state index contributed by atoms with van der Waals surface area (Å²) in [7, 11) is 1.40. The highest BCUT2D eigenvalue weighted by Crippen LogP contribution is 2.30. The van der Waals surface area contributed by atoms with Gasteiger partial charge in [0.25, 0.3) is 6.43 Å². The number of aryl methyl sites for hydroxylation is 1. The fourth-order valence-electron chi connectivity index (χ4n) is 1.69. The van der Waals surface area contributed by atoms with Crippen LogP contribution in [0.5, 0.6) is 5.75 Å². The summed E-state index contributed by atoms with van der Waals surface area (Å²) < 4.78 is 30.4. The maximum Gasteiger partial charge on any atom is 0.404 e. The Morgan fingerprint density at radius 3 is 2.67 bits per heavy atom. The Morgan fingerprint density at radius 1 is 1.50 bits per heavy atom. The summed E-state index contributed by atoms with van der Waals surface area (Å²) in [6.45, 7) is 1.80. The summed E-state index contributed by atoms with van der Waals surface area (Å²) in [6, 6.07) is 2.90. The molecular formula is C12H15F2NO3. The molecule has 0 radical (unpaired) electrons. The van der Waals surface area contributed by atoms with Gasteiger partial charge in [-0.3, -0.25) is 0 Å². The molecule has 0 aromatic heterocycles. The molecule has 4 nitrogen and oxygen atoms in total. The number of hydrogen-bond acceptors (Lipinski definition) is 2. The third kappa shape index (κ3) is 3.58. The lowest BCUT2D eigenvalue weighted by molar-refractivity contribution is 0.150. The number of rotatable bonds is 5. The first-order valence-electron chi connectivity index (χ1n) is 5.38. The lowest BCUT2D eigenvalue weighted by atomic mass is 10.0. The highest BCUT2D eigenvalue weighted by atomic mass is 19.3. The predicted molar refractivity (Wildman–Crippen MR) is 62.4 cm³/mol. The molecule has 0 bridgehead atoms. The van der Waals surface area contributed by atoms with E-state index in [4.69, 9.17) is 9.84 Å². The topological polar surface area (TPSA) is 58.6 Å². The molecule has 1 aromatic carbocycles. The Kier molecular flexibility index (Phi) is 4.88. The van der Waals surface area contributed by atoms with E-state index in [-0.39, 0.29) is 12.1 Å². The number of alkyl halides is 2. The van der Waals surface area contributed by atoms with Crippen LogP contribution in [0.25, 0.3) is 0 Å². The molecule has 0 aliphatic heterocycles. The Balaban J connectivity index is 2.90. The van der Waals surface area contributed by atoms with E-state index in [9.17, 15) is 13.6 Å². The molecular weight excluding hydrogens is 244 g/mol. The smallest absolute Gasteiger partial charge is 0.404 e. The molecule has 0 aliphatic rings. The van der Waals surface area contributed by atoms with E-state index < -0.39 is 12.5 Å². The number of carbonyl (C=O) groups is 1. The lowest BCUT2D eigenvalue weighted by Crippen LogP contribution is -2.23. The highest BCUT2D eigenvalue weighted by Gasteiger charge is 2.15. The summed E-state index contributed by atoms with van der Waals surface area (Å²) in [4.78, 5) is 10.3. The Hall–Kier alpha value is -1.85. The summed E-state index contributed by atoms with van der Waals surface area (Å²) in [5.41, 5.74) is 1.10. The van der Waals surface area contributed by atoms with Gasteiger partial charge in [-0.2, -0.15) is 0 Å². The first kappa shape index (κ1) is 14.2. The average Bonchev–Trinajstić information content (AvgIpc) is 2.28. The van der Waals surface area contributed by atoms with Gasteiger partial charge in [-0.1, -0.05) is 6.07 Å². The molecule has 1 amide bonds. The number of methoxy groups -OCH3 is 1. The molecule has 0 saturated heterocycles. The van der Waals surface area contributed by atoms with Gasteiger partial charge >= 0.3 is 6.09 Å².